The summed E-state index contributed by atoms with van der Waals surface area (Å²) in [5, 5.41) is 3.63. The van der Waals surface area contributed by atoms with Gasteiger partial charge in [-0.1, -0.05) is 0 Å². The first-order valence-corrected chi connectivity index (χ1v) is 10.0. The number of methoxy groups -OCH3 is 1. The zero-order chi connectivity index (χ0) is 20.2. The molecule has 0 radical (unpaired) electrons. The van der Waals surface area contributed by atoms with Crippen molar-refractivity contribution in [2.75, 3.05) is 31.6 Å². The molecule has 152 valence electrons. The molecule has 7 heteroatoms. The zero-order valence-corrected chi connectivity index (χ0v) is 16.6. The molecule has 2 saturated heterocycles. The van der Waals surface area contributed by atoms with Crippen LogP contribution < -0.4 is 15.0 Å². The van der Waals surface area contributed by atoms with Crippen LogP contribution in [0.25, 0.3) is 0 Å². The molecule has 3 heterocycles. The predicted octanol–water partition coefficient (Wildman–Crippen LogP) is 2.09. The van der Waals surface area contributed by atoms with E-state index in [1.165, 1.54) is 0 Å². The summed E-state index contributed by atoms with van der Waals surface area (Å²) >= 11 is 0. The SMILES string of the molecule is COc1ccc(N2CC(NC3CCN(C(=O)c4ccncc4)CC3)CC2=O)cc1. The van der Waals surface area contributed by atoms with E-state index >= 15 is 0 Å². The highest BCUT2D eigenvalue weighted by atomic mass is 16.5. The number of benzene rings is 1. The van der Waals surface area contributed by atoms with Crippen molar-refractivity contribution in [3.05, 3.63) is 54.4 Å². The summed E-state index contributed by atoms with van der Waals surface area (Å²) in [6.45, 7) is 2.12. The number of anilines is 1. The van der Waals surface area contributed by atoms with Gasteiger partial charge in [-0.05, 0) is 49.2 Å². The van der Waals surface area contributed by atoms with Crippen LogP contribution in [0.2, 0.25) is 0 Å². The first kappa shape index (κ1) is 19.4. The van der Waals surface area contributed by atoms with Gasteiger partial charge < -0.3 is 19.9 Å². The van der Waals surface area contributed by atoms with Gasteiger partial charge in [0, 0.05) is 61.8 Å². The van der Waals surface area contributed by atoms with Crippen LogP contribution in [0.4, 0.5) is 5.69 Å². The number of pyridine rings is 1. The minimum atomic E-state index is 0.0626. The van der Waals surface area contributed by atoms with Crippen LogP contribution in [-0.2, 0) is 4.79 Å². The van der Waals surface area contributed by atoms with Crippen LogP contribution in [-0.4, -0.2) is 60.5 Å². The smallest absolute Gasteiger partial charge is 0.253 e. The van der Waals surface area contributed by atoms with Crippen LogP contribution in [0.5, 0.6) is 5.75 Å². The maximum atomic E-state index is 12.6. The summed E-state index contributed by atoms with van der Waals surface area (Å²) in [4.78, 5) is 32.7. The van der Waals surface area contributed by atoms with Crippen LogP contribution in [0.1, 0.15) is 29.6 Å². The van der Waals surface area contributed by atoms with Crippen molar-refractivity contribution < 1.29 is 14.3 Å². The Labute approximate surface area is 170 Å². The maximum absolute atomic E-state index is 12.6. The third kappa shape index (κ3) is 4.40. The molecule has 4 rings (SSSR count). The number of amides is 2. The van der Waals surface area contributed by atoms with E-state index < -0.39 is 0 Å². The monoisotopic (exact) mass is 394 g/mol. The van der Waals surface area contributed by atoms with Crippen LogP contribution in [0, 0.1) is 0 Å². The molecule has 29 heavy (non-hydrogen) atoms. The Morgan fingerprint density at radius 1 is 1.07 bits per heavy atom. The van der Waals surface area contributed by atoms with Crippen molar-refractivity contribution in [2.24, 2.45) is 0 Å². The molecule has 0 saturated carbocycles. The fourth-order valence-electron chi connectivity index (χ4n) is 4.09. The van der Waals surface area contributed by atoms with E-state index in [-0.39, 0.29) is 17.9 Å². The van der Waals surface area contributed by atoms with Gasteiger partial charge >= 0.3 is 0 Å². The molecule has 2 aromatic rings. The number of carbonyl (C=O) groups excluding carboxylic acids is 2. The fourth-order valence-corrected chi connectivity index (χ4v) is 4.09. The molecule has 2 amide bonds. The van der Waals surface area contributed by atoms with Crippen molar-refractivity contribution in [2.45, 2.75) is 31.3 Å². The van der Waals surface area contributed by atoms with Gasteiger partial charge in [-0.15, -0.1) is 0 Å². The van der Waals surface area contributed by atoms with E-state index in [0.29, 0.717) is 24.6 Å². The van der Waals surface area contributed by atoms with Crippen LogP contribution >= 0.6 is 0 Å². The van der Waals surface area contributed by atoms with Crippen molar-refractivity contribution in [3.8, 4) is 5.75 Å². The Kier molecular flexibility index (Phi) is 5.76. The zero-order valence-electron chi connectivity index (χ0n) is 16.6. The van der Waals surface area contributed by atoms with E-state index in [4.69, 9.17) is 4.74 Å². The lowest BCUT2D eigenvalue weighted by atomic mass is 10.0. The second-order valence-electron chi connectivity index (χ2n) is 7.57. The van der Waals surface area contributed by atoms with Crippen molar-refractivity contribution in [1.29, 1.82) is 0 Å². The van der Waals surface area contributed by atoms with Crippen LogP contribution in [0.3, 0.4) is 0 Å². The number of aromatic nitrogens is 1. The summed E-state index contributed by atoms with van der Waals surface area (Å²) in [7, 11) is 1.63. The molecule has 1 atom stereocenters. The van der Waals surface area contributed by atoms with Gasteiger partial charge in [-0.25, -0.2) is 0 Å². The molecular formula is C22H26N4O3. The topological polar surface area (TPSA) is 74.8 Å². The lowest BCUT2D eigenvalue weighted by molar-refractivity contribution is -0.117. The van der Waals surface area contributed by atoms with Crippen molar-refractivity contribution in [3.63, 3.8) is 0 Å². The molecule has 2 aliphatic heterocycles. The minimum Gasteiger partial charge on any atom is -0.497 e. The molecule has 1 aromatic carbocycles. The maximum Gasteiger partial charge on any atom is 0.253 e. The number of hydrogen-bond acceptors (Lipinski definition) is 5. The van der Waals surface area contributed by atoms with Gasteiger partial charge in [-0.3, -0.25) is 14.6 Å². The number of ether oxygens (including phenoxy) is 1. The first-order chi connectivity index (χ1) is 14.1. The summed E-state index contributed by atoms with van der Waals surface area (Å²) < 4.78 is 5.19. The summed E-state index contributed by atoms with van der Waals surface area (Å²) in [6, 6.07) is 11.6. The average molecular weight is 394 g/mol. The summed E-state index contributed by atoms with van der Waals surface area (Å²) in [5.41, 5.74) is 1.58. The van der Waals surface area contributed by atoms with E-state index in [1.807, 2.05) is 34.1 Å². The second kappa shape index (κ2) is 8.61. The van der Waals surface area contributed by atoms with E-state index in [0.717, 1.165) is 37.4 Å². The highest BCUT2D eigenvalue weighted by molar-refractivity contribution is 5.96. The number of rotatable bonds is 5. The highest BCUT2D eigenvalue weighted by Crippen LogP contribution is 2.25. The van der Waals surface area contributed by atoms with Gasteiger partial charge in [0.05, 0.1) is 7.11 Å². The molecule has 1 unspecified atom stereocenters. The van der Waals surface area contributed by atoms with Crippen molar-refractivity contribution >= 4 is 17.5 Å². The van der Waals surface area contributed by atoms with Crippen LogP contribution in [0.15, 0.2) is 48.8 Å². The van der Waals surface area contributed by atoms with Gasteiger partial charge in [-0.2, -0.15) is 0 Å². The average Bonchev–Trinajstić information content (AvgIpc) is 3.14. The Morgan fingerprint density at radius 2 is 1.76 bits per heavy atom. The molecule has 0 bridgehead atoms. The second-order valence-corrected chi connectivity index (χ2v) is 7.57. The normalized spacial score (nSPS) is 20.2. The van der Waals surface area contributed by atoms with Gasteiger partial charge in [0.2, 0.25) is 5.91 Å². The molecule has 1 aromatic heterocycles. The Balaban J connectivity index is 1.28. The molecule has 7 nitrogen and oxygen atoms in total. The quantitative estimate of drug-likeness (QED) is 0.841. The third-order valence-electron chi connectivity index (χ3n) is 5.69. The lowest BCUT2D eigenvalue weighted by Gasteiger charge is -2.34. The fraction of sp³-hybridized carbons (Fsp3) is 0.409. The Hall–Kier alpha value is -2.93. The number of hydrogen-bond donors (Lipinski definition) is 1. The standard InChI is InChI=1S/C22H26N4O3/c1-29-20-4-2-19(3-5-20)26-15-18(14-21(26)27)24-17-8-12-25(13-9-17)22(28)16-6-10-23-11-7-16/h2-7,10-11,17-18,24H,8-9,12-15H2,1H3. The van der Waals surface area contributed by atoms with Gasteiger partial charge in [0.1, 0.15) is 5.75 Å². The summed E-state index contributed by atoms with van der Waals surface area (Å²) in [6.07, 6.45) is 5.58. The van der Waals surface area contributed by atoms with Gasteiger partial charge in [0.25, 0.3) is 5.91 Å². The molecule has 1 N–H and O–H groups in total. The molecule has 2 aliphatic rings. The number of carbonyl (C=O) groups is 2. The number of nitrogens with one attached hydrogen (secondary N) is 1. The van der Waals surface area contributed by atoms with E-state index in [1.54, 1.807) is 31.6 Å². The first-order valence-electron chi connectivity index (χ1n) is 10.0. The molecule has 0 spiro atoms. The summed E-state index contributed by atoms with van der Waals surface area (Å²) in [5.74, 6) is 0.980. The predicted molar refractivity (Wildman–Crippen MR) is 110 cm³/mol. The Bertz CT molecular complexity index is 848. The molecule has 2 fully saturated rings. The molecule has 0 aliphatic carbocycles. The highest BCUT2D eigenvalue weighted by Gasteiger charge is 2.33. The lowest BCUT2D eigenvalue weighted by Crippen LogP contribution is -2.48. The number of nitrogens with zero attached hydrogens (tertiary/aromatic N) is 3. The minimum absolute atomic E-state index is 0.0626. The number of piperidine rings is 1. The van der Waals surface area contributed by atoms with E-state index in [9.17, 15) is 9.59 Å². The number of likely N-dealkylation sites (tertiary alicyclic amines) is 1. The molecular weight excluding hydrogens is 368 g/mol. The van der Waals surface area contributed by atoms with Crippen molar-refractivity contribution in [1.82, 2.24) is 15.2 Å². The Morgan fingerprint density at radius 3 is 2.41 bits per heavy atom. The van der Waals surface area contributed by atoms with E-state index in [2.05, 4.69) is 10.3 Å². The third-order valence-corrected chi connectivity index (χ3v) is 5.69. The largest absolute Gasteiger partial charge is 0.497 e. The van der Waals surface area contributed by atoms with Gasteiger partial charge in [0.15, 0.2) is 0 Å².